The molecule has 0 saturated heterocycles. The van der Waals surface area contributed by atoms with Gasteiger partial charge in [0.05, 0.1) is 0 Å². The molecule has 0 saturated carbocycles. The Balaban J connectivity index is 4.73. The number of rotatable bonds is 4. The smallest absolute Gasteiger partial charge is 0.0472 e. The maximum absolute atomic E-state index is 3.16. The summed E-state index contributed by atoms with van der Waals surface area (Å²) in [7, 11) is 1.94. The van der Waals surface area contributed by atoms with Crippen molar-refractivity contribution in [2.24, 2.45) is 0 Å². The molecule has 68 valence electrons. The van der Waals surface area contributed by atoms with E-state index < -0.39 is 0 Å². The highest BCUT2D eigenvalue weighted by atomic mass is 32.2. The third kappa shape index (κ3) is 3.67. The first-order valence-electron chi connectivity index (χ1n) is 4.01. The van der Waals surface area contributed by atoms with E-state index in [1.165, 1.54) is 10.6 Å². The summed E-state index contributed by atoms with van der Waals surface area (Å²) in [6.45, 7) is 4.05. The van der Waals surface area contributed by atoms with Crippen LogP contribution in [-0.4, -0.2) is 13.3 Å². The van der Waals surface area contributed by atoms with E-state index in [1.807, 2.05) is 33.0 Å². The highest BCUT2D eigenvalue weighted by Gasteiger charge is 1.95. The lowest BCUT2D eigenvalue weighted by molar-refractivity contribution is 1.03. The highest BCUT2D eigenvalue weighted by Crippen LogP contribution is 2.17. The minimum atomic E-state index is 1.17. The summed E-state index contributed by atoms with van der Waals surface area (Å²) in [6, 6.07) is 0. The van der Waals surface area contributed by atoms with Gasteiger partial charge in [-0.25, -0.2) is 0 Å². The predicted molar refractivity (Wildman–Crippen MR) is 59.2 cm³/mol. The van der Waals surface area contributed by atoms with Crippen molar-refractivity contribution in [3.63, 3.8) is 0 Å². The first-order valence-corrected chi connectivity index (χ1v) is 5.24. The third-order valence-corrected chi connectivity index (χ3v) is 2.20. The molecule has 0 atom stereocenters. The molecule has 0 amide bonds. The van der Waals surface area contributed by atoms with Crippen LogP contribution in [0.5, 0.6) is 0 Å². The summed E-state index contributed by atoms with van der Waals surface area (Å²) in [5.74, 6) is 0. The second kappa shape index (κ2) is 7.04. The summed E-state index contributed by atoms with van der Waals surface area (Å²) in [4.78, 5) is 1.26. The number of thioether (sulfide) groups is 1. The Hall–Kier alpha value is -0.630. The SMILES string of the molecule is C\C=C/C(NC)=C(\C=C/C)SC. The predicted octanol–water partition coefficient (Wildman–Crippen LogP) is 2.93. The van der Waals surface area contributed by atoms with Crippen molar-refractivity contribution in [2.75, 3.05) is 13.3 Å². The van der Waals surface area contributed by atoms with Gasteiger partial charge in [0, 0.05) is 17.6 Å². The Morgan fingerprint density at radius 2 is 1.75 bits per heavy atom. The van der Waals surface area contributed by atoms with Crippen molar-refractivity contribution >= 4 is 11.8 Å². The van der Waals surface area contributed by atoms with Crippen molar-refractivity contribution < 1.29 is 0 Å². The highest BCUT2D eigenvalue weighted by molar-refractivity contribution is 8.02. The number of nitrogens with one attached hydrogen (secondary N) is 1. The monoisotopic (exact) mass is 183 g/mol. The fraction of sp³-hybridized carbons (Fsp3) is 0.400. The molecule has 0 fully saturated rings. The molecule has 0 aliphatic rings. The molecule has 0 bridgehead atoms. The van der Waals surface area contributed by atoms with E-state index in [4.69, 9.17) is 0 Å². The summed E-state index contributed by atoms with van der Waals surface area (Å²) < 4.78 is 0. The van der Waals surface area contributed by atoms with Crippen LogP contribution < -0.4 is 5.32 Å². The fourth-order valence-corrected chi connectivity index (χ4v) is 1.54. The average molecular weight is 183 g/mol. The van der Waals surface area contributed by atoms with Crippen LogP contribution in [-0.2, 0) is 0 Å². The fourth-order valence-electron chi connectivity index (χ4n) is 0.874. The Bertz CT molecular complexity index is 180. The summed E-state index contributed by atoms with van der Waals surface area (Å²) in [5, 5.41) is 3.16. The van der Waals surface area contributed by atoms with Gasteiger partial charge in [0.15, 0.2) is 0 Å². The van der Waals surface area contributed by atoms with Gasteiger partial charge in [-0.05, 0) is 26.2 Å². The van der Waals surface area contributed by atoms with Crippen LogP contribution in [0.2, 0.25) is 0 Å². The van der Waals surface area contributed by atoms with E-state index in [1.54, 1.807) is 11.8 Å². The van der Waals surface area contributed by atoms with Gasteiger partial charge in [0.25, 0.3) is 0 Å². The maximum Gasteiger partial charge on any atom is 0.0472 e. The zero-order valence-corrected chi connectivity index (χ0v) is 9.03. The second-order valence-corrected chi connectivity index (χ2v) is 3.08. The molecular weight excluding hydrogens is 166 g/mol. The van der Waals surface area contributed by atoms with E-state index in [0.29, 0.717) is 0 Å². The standard InChI is InChI=1S/C10H17NS/c1-5-7-9(11-3)10(12-4)8-6-2/h5-8,11H,1-4H3/b7-5-,8-6-,10-9-. The van der Waals surface area contributed by atoms with E-state index in [2.05, 4.69) is 23.7 Å². The molecule has 0 aromatic rings. The van der Waals surface area contributed by atoms with E-state index >= 15 is 0 Å². The largest absolute Gasteiger partial charge is 0.387 e. The van der Waals surface area contributed by atoms with Gasteiger partial charge < -0.3 is 5.32 Å². The van der Waals surface area contributed by atoms with E-state index in [0.717, 1.165) is 0 Å². The molecule has 0 aliphatic carbocycles. The zero-order chi connectivity index (χ0) is 9.40. The second-order valence-electron chi connectivity index (χ2n) is 2.23. The molecule has 12 heavy (non-hydrogen) atoms. The quantitative estimate of drug-likeness (QED) is 0.673. The van der Waals surface area contributed by atoms with Crippen LogP contribution in [0.4, 0.5) is 0 Å². The lowest BCUT2D eigenvalue weighted by Gasteiger charge is -2.05. The topological polar surface area (TPSA) is 12.0 Å². The molecule has 2 heteroatoms. The summed E-state index contributed by atoms with van der Waals surface area (Å²) >= 11 is 1.75. The van der Waals surface area contributed by atoms with Gasteiger partial charge >= 0.3 is 0 Å². The molecule has 0 spiro atoms. The molecule has 0 radical (unpaired) electrons. The van der Waals surface area contributed by atoms with Gasteiger partial charge in [0.1, 0.15) is 0 Å². The first-order chi connectivity index (χ1) is 5.79. The van der Waals surface area contributed by atoms with Crippen LogP contribution in [0.15, 0.2) is 34.9 Å². The van der Waals surface area contributed by atoms with Gasteiger partial charge in [-0.2, -0.15) is 0 Å². The van der Waals surface area contributed by atoms with E-state index in [9.17, 15) is 0 Å². The molecule has 0 aromatic heterocycles. The minimum Gasteiger partial charge on any atom is -0.387 e. The summed E-state index contributed by atoms with van der Waals surface area (Å²) in [6.07, 6.45) is 10.3. The van der Waals surface area contributed by atoms with Gasteiger partial charge in [-0.1, -0.05) is 18.2 Å². The van der Waals surface area contributed by atoms with Gasteiger partial charge in [-0.3, -0.25) is 0 Å². The molecule has 0 rings (SSSR count). The van der Waals surface area contributed by atoms with Crippen molar-refractivity contribution in [3.05, 3.63) is 34.9 Å². The Morgan fingerprint density at radius 1 is 1.17 bits per heavy atom. The van der Waals surface area contributed by atoms with Crippen molar-refractivity contribution in [3.8, 4) is 0 Å². The zero-order valence-electron chi connectivity index (χ0n) is 8.22. The van der Waals surface area contributed by atoms with Crippen LogP contribution >= 0.6 is 11.8 Å². The van der Waals surface area contributed by atoms with Crippen LogP contribution in [0.1, 0.15) is 13.8 Å². The van der Waals surface area contributed by atoms with Gasteiger partial charge in [0.2, 0.25) is 0 Å². The molecule has 0 aliphatic heterocycles. The lowest BCUT2D eigenvalue weighted by Crippen LogP contribution is -2.04. The van der Waals surface area contributed by atoms with E-state index in [-0.39, 0.29) is 0 Å². The lowest BCUT2D eigenvalue weighted by atomic mass is 10.3. The molecule has 1 nitrogen and oxygen atoms in total. The molecule has 0 unspecified atom stereocenters. The minimum absolute atomic E-state index is 1.17. The third-order valence-electron chi connectivity index (χ3n) is 1.41. The number of hydrogen-bond acceptors (Lipinski definition) is 2. The van der Waals surface area contributed by atoms with Crippen molar-refractivity contribution in [1.82, 2.24) is 5.32 Å². The Kier molecular flexibility index (Phi) is 6.67. The number of likely N-dealkylation sites (N-methyl/N-ethyl adjacent to an activating group) is 1. The Labute approximate surface area is 79.6 Å². The molecular formula is C10H17NS. The average Bonchev–Trinajstić information content (AvgIpc) is 2.11. The van der Waals surface area contributed by atoms with Crippen LogP contribution in [0.3, 0.4) is 0 Å². The first kappa shape index (κ1) is 11.4. The normalized spacial score (nSPS) is 14.0. The molecule has 0 heterocycles. The van der Waals surface area contributed by atoms with Gasteiger partial charge in [-0.15, -0.1) is 11.8 Å². The van der Waals surface area contributed by atoms with Crippen molar-refractivity contribution in [1.29, 1.82) is 0 Å². The number of allylic oxidation sites excluding steroid dienone is 4. The van der Waals surface area contributed by atoms with Crippen LogP contribution in [0, 0.1) is 0 Å². The summed E-state index contributed by atoms with van der Waals surface area (Å²) in [5.41, 5.74) is 1.17. The molecule has 1 N–H and O–H groups in total. The van der Waals surface area contributed by atoms with Crippen LogP contribution in [0.25, 0.3) is 0 Å². The van der Waals surface area contributed by atoms with Crippen molar-refractivity contribution in [2.45, 2.75) is 13.8 Å². The number of hydrogen-bond donors (Lipinski definition) is 1. The molecule has 0 aromatic carbocycles. The Morgan fingerprint density at radius 3 is 2.08 bits per heavy atom. The maximum atomic E-state index is 3.16.